The van der Waals surface area contributed by atoms with Crippen LogP contribution in [0.5, 0.6) is 0 Å². The predicted octanol–water partition coefficient (Wildman–Crippen LogP) is 5.76. The molecule has 0 atom stereocenters. The van der Waals surface area contributed by atoms with Crippen molar-refractivity contribution in [3.8, 4) is 0 Å². The normalized spacial score (nSPS) is 15.2. The van der Waals surface area contributed by atoms with Crippen molar-refractivity contribution in [1.82, 2.24) is 4.98 Å². The summed E-state index contributed by atoms with van der Waals surface area (Å²) in [6, 6.07) is 16.6. The SMILES string of the molecule is C(=Cc1nc2ccccc2s1)C=C1Nc2ccccc2S1.O=S(=O)(O)C(F)(F)F. The van der Waals surface area contributed by atoms with Crippen molar-refractivity contribution in [2.45, 2.75) is 10.4 Å². The van der Waals surface area contributed by atoms with Gasteiger partial charge < -0.3 is 5.32 Å². The van der Waals surface area contributed by atoms with Crippen LogP contribution in [0.1, 0.15) is 5.01 Å². The Morgan fingerprint density at radius 3 is 2.38 bits per heavy atom. The standard InChI is InChI=1S/C17H12N2S2.CHF3O3S/c1-3-8-14-12(6-1)18-16(20-14)10-5-11-17-19-13-7-2-4-9-15(13)21-17;2-1(3,4)8(5,6)7/h1-11,18H;(H,5,6,7). The first-order valence-electron chi connectivity index (χ1n) is 7.95. The quantitative estimate of drug-likeness (QED) is 0.375. The maximum Gasteiger partial charge on any atom is 0.522 e. The Labute approximate surface area is 172 Å². The summed E-state index contributed by atoms with van der Waals surface area (Å²) in [7, 11) is -5.84. The average Bonchev–Trinajstić information content (AvgIpc) is 3.23. The van der Waals surface area contributed by atoms with E-state index in [1.807, 2.05) is 24.3 Å². The van der Waals surface area contributed by atoms with Gasteiger partial charge in [-0.15, -0.1) is 11.3 Å². The number of para-hydroxylation sites is 2. The minimum absolute atomic E-state index is 1.04. The highest BCUT2D eigenvalue weighted by Gasteiger charge is 2.44. The molecule has 4 rings (SSSR count). The lowest BCUT2D eigenvalue weighted by atomic mass is 10.3. The molecule has 0 spiro atoms. The van der Waals surface area contributed by atoms with Crippen LogP contribution in [0.3, 0.4) is 0 Å². The highest BCUT2D eigenvalue weighted by molar-refractivity contribution is 8.03. The Morgan fingerprint density at radius 2 is 1.72 bits per heavy atom. The van der Waals surface area contributed by atoms with Gasteiger partial charge in [0.1, 0.15) is 5.01 Å². The molecule has 2 heterocycles. The van der Waals surface area contributed by atoms with Gasteiger partial charge in [0, 0.05) is 4.90 Å². The van der Waals surface area contributed by atoms with E-state index in [1.54, 1.807) is 23.1 Å². The molecule has 11 heteroatoms. The smallest absolute Gasteiger partial charge is 0.349 e. The first kappa shape index (κ1) is 21.4. The summed E-state index contributed by atoms with van der Waals surface area (Å²) in [6.45, 7) is 0. The Morgan fingerprint density at radius 1 is 1.07 bits per heavy atom. The van der Waals surface area contributed by atoms with Crippen molar-refractivity contribution in [3.63, 3.8) is 0 Å². The molecule has 2 aromatic carbocycles. The maximum absolute atomic E-state index is 10.7. The number of allylic oxidation sites excluding steroid dienone is 2. The van der Waals surface area contributed by atoms with Crippen molar-refractivity contribution in [1.29, 1.82) is 0 Å². The second kappa shape index (κ2) is 8.57. The monoisotopic (exact) mass is 458 g/mol. The topological polar surface area (TPSA) is 79.3 Å². The van der Waals surface area contributed by atoms with Crippen LogP contribution < -0.4 is 5.32 Å². The van der Waals surface area contributed by atoms with Crippen LogP contribution in [0.15, 0.2) is 70.6 Å². The summed E-state index contributed by atoms with van der Waals surface area (Å²) in [5.74, 6) is 0. The number of rotatable bonds is 2. The molecule has 0 bridgehead atoms. The van der Waals surface area contributed by atoms with Crippen LogP contribution in [0.2, 0.25) is 0 Å². The van der Waals surface area contributed by atoms with E-state index in [1.165, 1.54) is 15.3 Å². The summed E-state index contributed by atoms with van der Waals surface area (Å²) in [6.07, 6.45) is 6.21. The zero-order valence-electron chi connectivity index (χ0n) is 14.4. The first-order valence-corrected chi connectivity index (χ1v) is 11.0. The second-order valence-electron chi connectivity index (χ2n) is 5.55. The van der Waals surface area contributed by atoms with E-state index < -0.39 is 15.6 Å². The van der Waals surface area contributed by atoms with Gasteiger partial charge >= 0.3 is 15.6 Å². The number of halogens is 3. The van der Waals surface area contributed by atoms with E-state index in [-0.39, 0.29) is 0 Å². The third kappa shape index (κ3) is 5.60. The highest BCUT2D eigenvalue weighted by Crippen LogP contribution is 2.40. The molecule has 29 heavy (non-hydrogen) atoms. The van der Waals surface area contributed by atoms with Crippen LogP contribution >= 0.6 is 23.1 Å². The van der Waals surface area contributed by atoms with Crippen LogP contribution in [-0.4, -0.2) is 23.5 Å². The van der Waals surface area contributed by atoms with Gasteiger partial charge in [0.15, 0.2) is 0 Å². The number of thioether (sulfide) groups is 1. The average molecular weight is 459 g/mol. The predicted molar refractivity (Wildman–Crippen MR) is 110 cm³/mol. The lowest BCUT2D eigenvalue weighted by molar-refractivity contribution is -0.0510. The molecule has 0 aliphatic carbocycles. The lowest BCUT2D eigenvalue weighted by Gasteiger charge is -1.97. The lowest BCUT2D eigenvalue weighted by Crippen LogP contribution is -2.21. The van der Waals surface area contributed by atoms with Gasteiger partial charge in [-0.25, -0.2) is 4.98 Å². The molecule has 1 aliphatic heterocycles. The van der Waals surface area contributed by atoms with Gasteiger partial charge in [-0.1, -0.05) is 42.1 Å². The Balaban J connectivity index is 0.000000258. The number of aromatic nitrogens is 1. The van der Waals surface area contributed by atoms with Crippen LogP contribution in [0, 0.1) is 0 Å². The van der Waals surface area contributed by atoms with Crippen molar-refractivity contribution in [2.75, 3.05) is 5.32 Å². The van der Waals surface area contributed by atoms with Gasteiger partial charge in [0.05, 0.1) is 20.9 Å². The van der Waals surface area contributed by atoms with Crippen molar-refractivity contribution in [2.24, 2.45) is 0 Å². The van der Waals surface area contributed by atoms with Gasteiger partial charge in [-0.3, -0.25) is 4.55 Å². The van der Waals surface area contributed by atoms with E-state index in [2.05, 4.69) is 52.8 Å². The van der Waals surface area contributed by atoms with Crippen molar-refractivity contribution in [3.05, 3.63) is 70.7 Å². The van der Waals surface area contributed by atoms with Crippen LogP contribution in [0.25, 0.3) is 16.3 Å². The summed E-state index contributed by atoms with van der Waals surface area (Å²) >= 11 is 3.47. The van der Waals surface area contributed by atoms with Crippen molar-refractivity contribution >= 4 is 55.2 Å². The zero-order valence-corrected chi connectivity index (χ0v) is 16.9. The molecule has 3 aromatic rings. The fraction of sp³-hybridized carbons (Fsp3) is 0.0556. The molecule has 1 aliphatic rings. The third-order valence-electron chi connectivity index (χ3n) is 3.45. The van der Waals surface area contributed by atoms with E-state index in [0.29, 0.717) is 0 Å². The number of nitrogens with one attached hydrogen (secondary N) is 1. The van der Waals surface area contributed by atoms with Gasteiger partial charge in [-0.05, 0) is 36.4 Å². The molecule has 0 saturated carbocycles. The van der Waals surface area contributed by atoms with Gasteiger partial charge in [0.2, 0.25) is 0 Å². The number of hydrogen-bond acceptors (Lipinski definition) is 6. The number of hydrogen-bond donors (Lipinski definition) is 2. The number of anilines is 1. The minimum Gasteiger partial charge on any atom is -0.349 e. The maximum atomic E-state index is 10.7. The Hall–Kier alpha value is -2.34. The van der Waals surface area contributed by atoms with E-state index in [9.17, 15) is 13.2 Å². The fourth-order valence-corrected chi connectivity index (χ4v) is 3.99. The fourth-order valence-electron chi connectivity index (χ4n) is 2.19. The molecule has 0 amide bonds. The van der Waals surface area contributed by atoms with E-state index in [4.69, 9.17) is 13.0 Å². The van der Waals surface area contributed by atoms with Crippen LogP contribution in [-0.2, 0) is 10.1 Å². The highest BCUT2D eigenvalue weighted by atomic mass is 32.2. The number of fused-ring (bicyclic) bond motifs is 2. The Kier molecular flexibility index (Phi) is 6.32. The summed E-state index contributed by atoms with van der Waals surface area (Å²) in [5, 5.41) is 5.59. The first-order chi connectivity index (χ1) is 13.6. The molecular formula is C18H13F3N2O3S3. The summed E-state index contributed by atoms with van der Waals surface area (Å²) in [5.41, 5.74) is -3.29. The molecular weight excluding hydrogens is 445 g/mol. The number of nitrogens with zero attached hydrogens (tertiary/aromatic N) is 1. The Bertz CT molecular complexity index is 1130. The van der Waals surface area contributed by atoms with Gasteiger partial charge in [-0.2, -0.15) is 21.6 Å². The van der Waals surface area contributed by atoms with E-state index in [0.717, 1.165) is 15.6 Å². The second-order valence-corrected chi connectivity index (χ2v) is 9.11. The molecule has 2 N–H and O–H groups in total. The largest absolute Gasteiger partial charge is 0.522 e. The van der Waals surface area contributed by atoms with Crippen LogP contribution in [0.4, 0.5) is 18.9 Å². The third-order valence-corrected chi connectivity index (χ3v) is 6.07. The molecule has 0 fully saturated rings. The molecule has 1 aromatic heterocycles. The van der Waals surface area contributed by atoms with E-state index >= 15 is 0 Å². The van der Waals surface area contributed by atoms with Crippen molar-refractivity contribution < 1.29 is 26.1 Å². The molecule has 0 saturated heterocycles. The number of benzene rings is 2. The number of alkyl halides is 3. The molecule has 0 unspecified atom stereocenters. The molecule has 0 radical (unpaired) electrons. The van der Waals surface area contributed by atoms with Gasteiger partial charge in [0.25, 0.3) is 0 Å². The summed E-state index contributed by atoms with van der Waals surface area (Å²) in [4.78, 5) is 5.87. The molecule has 152 valence electrons. The number of thiazole rings is 1. The zero-order chi connectivity index (χ0) is 21.1. The summed E-state index contributed by atoms with van der Waals surface area (Å²) < 4.78 is 58.8. The minimum atomic E-state index is -5.84. The molecule has 5 nitrogen and oxygen atoms in total.